The third-order valence-corrected chi connectivity index (χ3v) is 3.32. The molecule has 0 aliphatic carbocycles. The highest BCUT2D eigenvalue weighted by Crippen LogP contribution is 2.19. The molecule has 5 nitrogen and oxygen atoms in total. The van der Waals surface area contributed by atoms with Crippen molar-refractivity contribution in [1.29, 1.82) is 0 Å². The van der Waals surface area contributed by atoms with Gasteiger partial charge in [0, 0.05) is 12.5 Å². The maximum Gasteiger partial charge on any atom is 0.348 e. The number of nitrogens with zero attached hydrogens (tertiary/aromatic N) is 2. The van der Waals surface area contributed by atoms with Crippen molar-refractivity contribution >= 4 is 0 Å². The Morgan fingerprint density at radius 1 is 1.28 bits per heavy atom. The number of piperidine rings is 1. The monoisotopic (exact) mass is 244 g/mol. The molecule has 1 aliphatic heterocycles. The molecule has 1 unspecified atom stereocenters. The predicted molar refractivity (Wildman–Crippen MR) is 69.0 cm³/mol. The van der Waals surface area contributed by atoms with Crippen LogP contribution in [0.5, 0.6) is 0 Å². The predicted octanol–water partition coefficient (Wildman–Crippen LogP) is 1.03. The van der Waals surface area contributed by atoms with E-state index in [1.807, 2.05) is 30.3 Å². The van der Waals surface area contributed by atoms with Gasteiger partial charge in [-0.25, -0.2) is 4.79 Å². The Morgan fingerprint density at radius 2 is 2.11 bits per heavy atom. The molecule has 0 radical (unpaired) electrons. The van der Waals surface area contributed by atoms with Crippen molar-refractivity contribution in [3.05, 3.63) is 46.6 Å². The lowest BCUT2D eigenvalue weighted by Gasteiger charge is -2.20. The van der Waals surface area contributed by atoms with Gasteiger partial charge in [0.1, 0.15) is 5.82 Å². The zero-order valence-corrected chi connectivity index (χ0v) is 10.1. The summed E-state index contributed by atoms with van der Waals surface area (Å²) in [7, 11) is 0. The van der Waals surface area contributed by atoms with Gasteiger partial charge >= 0.3 is 5.69 Å². The molecule has 1 saturated heterocycles. The summed E-state index contributed by atoms with van der Waals surface area (Å²) in [6.07, 6.45) is 2.21. The summed E-state index contributed by atoms with van der Waals surface area (Å²) in [5.74, 6) is 1.10. The SMILES string of the molecule is O=c1[nH]c(C2CCCNC2)nn1-c1ccccc1. The van der Waals surface area contributed by atoms with E-state index in [1.165, 1.54) is 4.68 Å². The van der Waals surface area contributed by atoms with Crippen LogP contribution in [-0.2, 0) is 0 Å². The number of nitrogens with one attached hydrogen (secondary N) is 2. The van der Waals surface area contributed by atoms with Gasteiger partial charge in [0.25, 0.3) is 0 Å². The van der Waals surface area contributed by atoms with E-state index in [0.29, 0.717) is 5.92 Å². The van der Waals surface area contributed by atoms with E-state index in [4.69, 9.17) is 0 Å². The zero-order valence-electron chi connectivity index (χ0n) is 10.1. The Morgan fingerprint density at radius 3 is 2.83 bits per heavy atom. The second-order valence-corrected chi connectivity index (χ2v) is 4.61. The van der Waals surface area contributed by atoms with Crippen molar-refractivity contribution in [1.82, 2.24) is 20.1 Å². The van der Waals surface area contributed by atoms with Crippen LogP contribution in [0.25, 0.3) is 5.69 Å². The molecule has 5 heteroatoms. The number of hydrogen-bond donors (Lipinski definition) is 2. The zero-order chi connectivity index (χ0) is 12.4. The molecule has 1 aromatic carbocycles. The molecule has 2 aromatic rings. The molecule has 0 amide bonds. The van der Waals surface area contributed by atoms with Gasteiger partial charge in [0.15, 0.2) is 0 Å². The van der Waals surface area contributed by atoms with Gasteiger partial charge in [0.05, 0.1) is 5.69 Å². The van der Waals surface area contributed by atoms with Crippen LogP contribution < -0.4 is 11.0 Å². The number of aromatic nitrogens is 3. The second-order valence-electron chi connectivity index (χ2n) is 4.61. The molecule has 1 aromatic heterocycles. The maximum atomic E-state index is 11.9. The van der Waals surface area contributed by atoms with Crippen LogP contribution in [0.2, 0.25) is 0 Å². The van der Waals surface area contributed by atoms with E-state index in [1.54, 1.807) is 0 Å². The summed E-state index contributed by atoms with van der Waals surface area (Å²) in [5, 5.41) is 7.74. The van der Waals surface area contributed by atoms with Crippen LogP contribution in [0.4, 0.5) is 0 Å². The molecular formula is C13H16N4O. The standard InChI is InChI=1S/C13H16N4O/c18-13-15-12(10-5-4-8-14-9-10)16-17(13)11-6-2-1-3-7-11/h1-3,6-7,10,14H,4-5,8-9H2,(H,15,16,18). The molecule has 0 spiro atoms. The fourth-order valence-electron chi connectivity index (χ4n) is 2.35. The van der Waals surface area contributed by atoms with Crippen molar-refractivity contribution in [2.24, 2.45) is 0 Å². The molecule has 94 valence electrons. The van der Waals surface area contributed by atoms with Crippen LogP contribution in [-0.4, -0.2) is 27.9 Å². The largest absolute Gasteiger partial charge is 0.348 e. The van der Waals surface area contributed by atoms with Gasteiger partial charge in [-0.15, -0.1) is 5.10 Å². The molecule has 0 saturated carbocycles. The van der Waals surface area contributed by atoms with E-state index in [-0.39, 0.29) is 5.69 Å². The van der Waals surface area contributed by atoms with Crippen LogP contribution in [0, 0.1) is 0 Å². The Hall–Kier alpha value is -1.88. The van der Waals surface area contributed by atoms with Crippen LogP contribution in [0.15, 0.2) is 35.1 Å². The number of rotatable bonds is 2. The normalized spacial score (nSPS) is 19.9. The van der Waals surface area contributed by atoms with Gasteiger partial charge in [-0.2, -0.15) is 4.68 Å². The van der Waals surface area contributed by atoms with E-state index in [2.05, 4.69) is 15.4 Å². The van der Waals surface area contributed by atoms with Crippen molar-refractivity contribution in [2.75, 3.05) is 13.1 Å². The molecule has 3 rings (SSSR count). The number of H-pyrrole nitrogens is 1. The number of hydrogen-bond acceptors (Lipinski definition) is 3. The van der Waals surface area contributed by atoms with E-state index in [9.17, 15) is 4.79 Å². The number of aromatic amines is 1. The van der Waals surface area contributed by atoms with Gasteiger partial charge < -0.3 is 5.32 Å². The minimum atomic E-state index is -0.165. The molecule has 2 N–H and O–H groups in total. The fourth-order valence-corrected chi connectivity index (χ4v) is 2.35. The van der Waals surface area contributed by atoms with E-state index < -0.39 is 0 Å². The molecule has 1 aliphatic rings. The van der Waals surface area contributed by atoms with Crippen LogP contribution in [0.1, 0.15) is 24.6 Å². The van der Waals surface area contributed by atoms with Gasteiger partial charge in [-0.1, -0.05) is 18.2 Å². The van der Waals surface area contributed by atoms with Crippen LogP contribution >= 0.6 is 0 Å². The molecule has 2 heterocycles. The summed E-state index contributed by atoms with van der Waals surface area (Å²) >= 11 is 0. The smallest absolute Gasteiger partial charge is 0.316 e. The summed E-state index contributed by atoms with van der Waals surface area (Å²) in [6.45, 7) is 1.95. The van der Waals surface area contributed by atoms with Crippen molar-refractivity contribution in [3.8, 4) is 5.69 Å². The average Bonchev–Trinajstić information content (AvgIpc) is 2.83. The summed E-state index contributed by atoms with van der Waals surface area (Å²) in [6, 6.07) is 9.49. The molecule has 1 fully saturated rings. The topological polar surface area (TPSA) is 62.7 Å². The summed E-state index contributed by atoms with van der Waals surface area (Å²) in [4.78, 5) is 14.8. The average molecular weight is 244 g/mol. The summed E-state index contributed by atoms with van der Waals surface area (Å²) in [5.41, 5.74) is 0.635. The Balaban J connectivity index is 1.93. The Kier molecular flexibility index (Phi) is 2.98. The summed E-state index contributed by atoms with van der Waals surface area (Å²) < 4.78 is 1.43. The minimum absolute atomic E-state index is 0.165. The Labute approximate surface area is 105 Å². The fraction of sp³-hybridized carbons (Fsp3) is 0.385. The first kappa shape index (κ1) is 11.2. The number of benzene rings is 1. The highest BCUT2D eigenvalue weighted by atomic mass is 16.1. The first-order valence-electron chi connectivity index (χ1n) is 6.30. The molecule has 18 heavy (non-hydrogen) atoms. The molecule has 1 atom stereocenters. The van der Waals surface area contributed by atoms with Crippen molar-refractivity contribution < 1.29 is 0 Å². The Bertz CT molecular complexity index is 566. The number of para-hydroxylation sites is 1. The second kappa shape index (κ2) is 4.78. The lowest BCUT2D eigenvalue weighted by molar-refractivity contribution is 0.446. The van der Waals surface area contributed by atoms with Crippen molar-refractivity contribution in [3.63, 3.8) is 0 Å². The first-order chi connectivity index (χ1) is 8.84. The van der Waals surface area contributed by atoms with Crippen molar-refractivity contribution in [2.45, 2.75) is 18.8 Å². The van der Waals surface area contributed by atoms with Gasteiger partial charge in [-0.3, -0.25) is 4.98 Å². The molecular weight excluding hydrogens is 228 g/mol. The third kappa shape index (κ3) is 2.09. The van der Waals surface area contributed by atoms with E-state index >= 15 is 0 Å². The van der Waals surface area contributed by atoms with Crippen LogP contribution in [0.3, 0.4) is 0 Å². The van der Waals surface area contributed by atoms with E-state index in [0.717, 1.165) is 37.4 Å². The lowest BCUT2D eigenvalue weighted by atomic mass is 9.99. The quantitative estimate of drug-likeness (QED) is 0.829. The lowest BCUT2D eigenvalue weighted by Crippen LogP contribution is -2.29. The van der Waals surface area contributed by atoms with Gasteiger partial charge in [0.2, 0.25) is 0 Å². The molecule has 0 bridgehead atoms. The van der Waals surface area contributed by atoms with Gasteiger partial charge in [-0.05, 0) is 31.5 Å². The minimum Gasteiger partial charge on any atom is -0.316 e. The first-order valence-corrected chi connectivity index (χ1v) is 6.30. The highest BCUT2D eigenvalue weighted by molar-refractivity contribution is 5.29. The highest BCUT2D eigenvalue weighted by Gasteiger charge is 2.19. The maximum absolute atomic E-state index is 11.9. The third-order valence-electron chi connectivity index (χ3n) is 3.32.